The zero-order valence-electron chi connectivity index (χ0n) is 7.70. The highest BCUT2D eigenvalue weighted by molar-refractivity contribution is 9.09. The van der Waals surface area contributed by atoms with E-state index in [0.29, 0.717) is 19.4 Å². The maximum Gasteiger partial charge on any atom is 0.155 e. The monoisotopic (exact) mass is 270 g/mol. The van der Waals surface area contributed by atoms with Gasteiger partial charge in [-0.25, -0.2) is 8.42 Å². The van der Waals surface area contributed by atoms with Crippen molar-refractivity contribution >= 4 is 25.8 Å². The highest BCUT2D eigenvalue weighted by atomic mass is 79.9. The van der Waals surface area contributed by atoms with Crippen LogP contribution in [0.3, 0.4) is 0 Å². The van der Waals surface area contributed by atoms with E-state index in [0.717, 1.165) is 5.33 Å². The van der Waals surface area contributed by atoms with E-state index in [4.69, 9.17) is 4.74 Å². The first-order valence-electron chi connectivity index (χ1n) is 4.47. The van der Waals surface area contributed by atoms with Gasteiger partial charge in [-0.1, -0.05) is 15.9 Å². The molecule has 0 aromatic carbocycles. The summed E-state index contributed by atoms with van der Waals surface area (Å²) in [5.74, 6) is 0.274. The number of rotatable bonds is 4. The van der Waals surface area contributed by atoms with Gasteiger partial charge < -0.3 is 4.74 Å². The molecule has 0 aromatic rings. The van der Waals surface area contributed by atoms with Crippen molar-refractivity contribution in [1.82, 2.24) is 0 Å². The van der Waals surface area contributed by atoms with E-state index in [1.54, 1.807) is 0 Å². The van der Waals surface area contributed by atoms with Gasteiger partial charge in [-0.15, -0.1) is 0 Å². The van der Waals surface area contributed by atoms with Crippen LogP contribution < -0.4 is 0 Å². The first kappa shape index (κ1) is 11.5. The Balaban J connectivity index is 2.58. The Hall–Kier alpha value is 0.390. The predicted molar refractivity (Wildman–Crippen MR) is 56.0 cm³/mol. The molecule has 0 N–H and O–H groups in total. The molecule has 5 heteroatoms. The smallest absolute Gasteiger partial charge is 0.155 e. The zero-order valence-corrected chi connectivity index (χ0v) is 10.1. The van der Waals surface area contributed by atoms with Crippen LogP contribution in [0.2, 0.25) is 0 Å². The van der Waals surface area contributed by atoms with E-state index in [9.17, 15) is 8.42 Å². The Kier molecular flexibility index (Phi) is 4.19. The third-order valence-corrected chi connectivity index (χ3v) is 5.29. The van der Waals surface area contributed by atoms with Gasteiger partial charge in [-0.05, 0) is 19.8 Å². The Morgan fingerprint density at radius 3 is 2.69 bits per heavy atom. The van der Waals surface area contributed by atoms with Crippen LogP contribution in [0.25, 0.3) is 0 Å². The van der Waals surface area contributed by atoms with Crippen LogP contribution in [0.15, 0.2) is 0 Å². The molecule has 2 atom stereocenters. The van der Waals surface area contributed by atoms with Crippen LogP contribution in [0.5, 0.6) is 0 Å². The summed E-state index contributed by atoms with van der Waals surface area (Å²) in [5, 5.41) is 0.473. The summed E-state index contributed by atoms with van der Waals surface area (Å²) in [7, 11) is -2.93. The van der Waals surface area contributed by atoms with Gasteiger partial charge in [0.2, 0.25) is 0 Å². The number of hydrogen-bond donors (Lipinski definition) is 0. The highest BCUT2D eigenvalue weighted by Crippen LogP contribution is 2.21. The van der Waals surface area contributed by atoms with Crippen molar-refractivity contribution < 1.29 is 13.2 Å². The molecule has 0 aliphatic carbocycles. The van der Waals surface area contributed by atoms with Crippen molar-refractivity contribution in [3.05, 3.63) is 0 Å². The molecule has 1 saturated heterocycles. The molecule has 0 saturated carbocycles. The Bertz CT molecular complexity index is 250. The third-order valence-electron chi connectivity index (χ3n) is 2.33. The lowest BCUT2D eigenvalue weighted by Gasteiger charge is -2.14. The average molecular weight is 271 g/mol. The highest BCUT2D eigenvalue weighted by Gasteiger charge is 2.34. The van der Waals surface area contributed by atoms with E-state index in [1.165, 1.54) is 0 Å². The topological polar surface area (TPSA) is 43.4 Å². The molecule has 1 fully saturated rings. The summed E-state index contributed by atoms with van der Waals surface area (Å²) in [6.45, 7) is 2.42. The van der Waals surface area contributed by atoms with Crippen LogP contribution in [-0.4, -0.2) is 37.5 Å². The lowest BCUT2D eigenvalue weighted by Crippen LogP contribution is -2.30. The molecule has 0 spiro atoms. The number of alkyl halides is 1. The molecule has 3 nitrogen and oxygen atoms in total. The minimum absolute atomic E-state index is 0.125. The fourth-order valence-electron chi connectivity index (χ4n) is 1.59. The minimum Gasteiger partial charge on any atom is -0.377 e. The molecule has 1 heterocycles. The molecule has 2 unspecified atom stereocenters. The van der Waals surface area contributed by atoms with E-state index in [1.807, 2.05) is 6.92 Å². The first-order valence-corrected chi connectivity index (χ1v) is 7.31. The maximum absolute atomic E-state index is 11.7. The second kappa shape index (κ2) is 4.75. The summed E-state index contributed by atoms with van der Waals surface area (Å²) >= 11 is 3.23. The van der Waals surface area contributed by atoms with Gasteiger partial charge in [-0.3, -0.25) is 0 Å². The molecule has 0 amide bonds. The Morgan fingerprint density at radius 1 is 1.54 bits per heavy atom. The molecule has 0 radical (unpaired) electrons. The van der Waals surface area contributed by atoms with E-state index < -0.39 is 9.84 Å². The number of halogens is 1. The van der Waals surface area contributed by atoms with Gasteiger partial charge in [0, 0.05) is 11.9 Å². The van der Waals surface area contributed by atoms with Gasteiger partial charge in [-0.2, -0.15) is 0 Å². The average Bonchev–Trinajstić information content (AvgIpc) is 2.48. The van der Waals surface area contributed by atoms with Gasteiger partial charge in [0.25, 0.3) is 0 Å². The quantitative estimate of drug-likeness (QED) is 0.725. The number of ether oxygens (including phenoxy) is 1. The molecule has 1 aliphatic heterocycles. The molecule has 78 valence electrons. The zero-order chi connectivity index (χ0) is 9.90. The van der Waals surface area contributed by atoms with Crippen molar-refractivity contribution in [2.75, 3.05) is 17.7 Å². The van der Waals surface area contributed by atoms with Crippen LogP contribution in [-0.2, 0) is 14.6 Å². The molecular formula is C8H15BrO3S. The lowest BCUT2D eigenvalue weighted by molar-refractivity contribution is 0.126. The summed E-state index contributed by atoms with van der Waals surface area (Å²) in [6, 6.07) is 0. The summed E-state index contributed by atoms with van der Waals surface area (Å²) in [6.07, 6.45) is 1.22. The van der Waals surface area contributed by atoms with Crippen molar-refractivity contribution in [3.8, 4) is 0 Å². The normalized spacial score (nSPS) is 29.4. The van der Waals surface area contributed by atoms with Gasteiger partial charge in [0.15, 0.2) is 9.84 Å². The largest absolute Gasteiger partial charge is 0.377 e. The number of hydrogen-bond acceptors (Lipinski definition) is 3. The number of sulfone groups is 1. The Morgan fingerprint density at radius 2 is 2.23 bits per heavy atom. The summed E-state index contributed by atoms with van der Waals surface area (Å²) in [4.78, 5) is 0. The second-order valence-electron chi connectivity index (χ2n) is 3.31. The van der Waals surface area contributed by atoms with E-state index in [2.05, 4.69) is 15.9 Å². The van der Waals surface area contributed by atoms with Crippen molar-refractivity contribution in [1.29, 1.82) is 0 Å². The van der Waals surface area contributed by atoms with Crippen LogP contribution in [0, 0.1) is 0 Å². The molecule has 1 rings (SSSR count). The van der Waals surface area contributed by atoms with Gasteiger partial charge in [0.1, 0.15) is 0 Å². The van der Waals surface area contributed by atoms with Crippen LogP contribution in [0.4, 0.5) is 0 Å². The Labute approximate surface area is 87.9 Å². The molecule has 13 heavy (non-hydrogen) atoms. The predicted octanol–water partition coefficient (Wildman–Crippen LogP) is 1.36. The van der Waals surface area contributed by atoms with Crippen molar-refractivity contribution in [2.24, 2.45) is 0 Å². The van der Waals surface area contributed by atoms with Crippen LogP contribution in [0.1, 0.15) is 19.8 Å². The van der Waals surface area contributed by atoms with Crippen molar-refractivity contribution in [2.45, 2.75) is 31.1 Å². The molecule has 1 aliphatic rings. The van der Waals surface area contributed by atoms with Gasteiger partial charge in [0.05, 0.1) is 17.1 Å². The third kappa shape index (κ3) is 2.92. The minimum atomic E-state index is -2.93. The SMILES string of the molecule is CC1OCCC1S(=O)(=O)CCCBr. The molecule has 0 aromatic heterocycles. The van der Waals surface area contributed by atoms with Crippen molar-refractivity contribution in [3.63, 3.8) is 0 Å². The fraction of sp³-hybridized carbons (Fsp3) is 1.00. The lowest BCUT2D eigenvalue weighted by atomic mass is 10.3. The first-order chi connectivity index (χ1) is 6.08. The molecular weight excluding hydrogens is 256 g/mol. The molecule has 0 bridgehead atoms. The standard InChI is InChI=1S/C8H15BrO3S/c1-7-8(3-5-12-7)13(10,11)6-2-4-9/h7-8H,2-6H2,1H3. The fourth-order valence-corrected chi connectivity index (χ4v) is 4.21. The van der Waals surface area contributed by atoms with E-state index >= 15 is 0 Å². The van der Waals surface area contributed by atoms with Gasteiger partial charge >= 0.3 is 0 Å². The summed E-state index contributed by atoms with van der Waals surface area (Å²) in [5.41, 5.74) is 0. The van der Waals surface area contributed by atoms with E-state index in [-0.39, 0.29) is 17.1 Å². The second-order valence-corrected chi connectivity index (χ2v) is 6.45. The summed E-state index contributed by atoms with van der Waals surface area (Å²) < 4.78 is 28.6. The maximum atomic E-state index is 11.7. The van der Waals surface area contributed by atoms with Crippen LogP contribution >= 0.6 is 15.9 Å².